The minimum atomic E-state index is 0.0359. The summed E-state index contributed by atoms with van der Waals surface area (Å²) in [5, 5.41) is 4.11. The normalized spacial score (nSPS) is 17.3. The Kier molecular flexibility index (Phi) is 6.15. The smallest absolute Gasteiger partial charge is 0.224 e. The Morgan fingerprint density at radius 1 is 1.21 bits per heavy atom. The van der Waals surface area contributed by atoms with Crippen LogP contribution in [0, 0.1) is 0 Å². The van der Waals surface area contributed by atoms with E-state index in [4.69, 9.17) is 9.15 Å². The maximum absolute atomic E-state index is 12.6. The molecule has 1 unspecified atom stereocenters. The van der Waals surface area contributed by atoms with E-state index in [2.05, 4.69) is 34.5 Å². The van der Waals surface area contributed by atoms with Gasteiger partial charge in [-0.1, -0.05) is 36.8 Å². The van der Waals surface area contributed by atoms with E-state index >= 15 is 0 Å². The van der Waals surface area contributed by atoms with Crippen molar-refractivity contribution in [2.45, 2.75) is 38.3 Å². The average molecular weight is 392 g/mol. The van der Waals surface area contributed by atoms with Crippen LogP contribution in [-0.4, -0.2) is 37.0 Å². The molecule has 4 rings (SSSR count). The van der Waals surface area contributed by atoms with Gasteiger partial charge in [0.1, 0.15) is 11.3 Å². The Morgan fingerprint density at radius 2 is 2.07 bits per heavy atom. The fourth-order valence-electron chi connectivity index (χ4n) is 4.11. The first kappa shape index (κ1) is 19.5. The maximum atomic E-state index is 12.6. The summed E-state index contributed by atoms with van der Waals surface area (Å²) in [6, 6.07) is 16.6. The molecule has 2 aromatic carbocycles. The van der Waals surface area contributed by atoms with Gasteiger partial charge in [-0.05, 0) is 37.1 Å². The Balaban J connectivity index is 1.34. The lowest BCUT2D eigenvalue weighted by Gasteiger charge is -2.35. The third-order valence-electron chi connectivity index (χ3n) is 5.73. The van der Waals surface area contributed by atoms with E-state index in [9.17, 15) is 4.79 Å². The van der Waals surface area contributed by atoms with Crippen LogP contribution in [0.15, 0.2) is 59.2 Å². The summed E-state index contributed by atoms with van der Waals surface area (Å²) in [6.07, 6.45) is 5.57. The number of nitrogens with zero attached hydrogens (tertiary/aromatic N) is 1. The van der Waals surface area contributed by atoms with Gasteiger partial charge in [0.25, 0.3) is 0 Å². The molecule has 3 aromatic rings. The highest BCUT2D eigenvalue weighted by Crippen LogP contribution is 2.26. The molecule has 29 heavy (non-hydrogen) atoms. The topological polar surface area (TPSA) is 54.7 Å². The number of hydrogen-bond donors (Lipinski definition) is 1. The minimum Gasteiger partial charge on any atom is -0.497 e. The number of carbonyl (C=O) groups excluding carboxylic acids is 1. The molecule has 1 N–H and O–H groups in total. The number of fused-ring (bicyclic) bond motifs is 1. The van der Waals surface area contributed by atoms with E-state index in [0.29, 0.717) is 19.0 Å². The van der Waals surface area contributed by atoms with Gasteiger partial charge in [0.2, 0.25) is 5.91 Å². The van der Waals surface area contributed by atoms with Gasteiger partial charge in [0.15, 0.2) is 0 Å². The van der Waals surface area contributed by atoms with Crippen LogP contribution in [0.4, 0.5) is 0 Å². The molecule has 1 fully saturated rings. The number of likely N-dealkylation sites (tertiary alicyclic amines) is 1. The van der Waals surface area contributed by atoms with Crippen LogP contribution >= 0.6 is 0 Å². The van der Waals surface area contributed by atoms with Crippen LogP contribution in [0.3, 0.4) is 0 Å². The van der Waals surface area contributed by atoms with Crippen molar-refractivity contribution in [1.82, 2.24) is 10.2 Å². The Labute approximate surface area is 171 Å². The number of amides is 1. The number of benzene rings is 2. The highest BCUT2D eigenvalue weighted by atomic mass is 16.5. The molecule has 0 spiro atoms. The first-order valence-electron chi connectivity index (χ1n) is 10.3. The molecule has 1 aliphatic heterocycles. The average Bonchev–Trinajstić information content (AvgIpc) is 3.15. The van der Waals surface area contributed by atoms with Gasteiger partial charge in [-0.2, -0.15) is 0 Å². The van der Waals surface area contributed by atoms with E-state index < -0.39 is 0 Å². The molecular weight excluding hydrogens is 364 g/mol. The number of furan rings is 1. The van der Waals surface area contributed by atoms with Gasteiger partial charge in [0.05, 0.1) is 19.8 Å². The van der Waals surface area contributed by atoms with Crippen LogP contribution in [0.2, 0.25) is 0 Å². The molecule has 2 heterocycles. The summed E-state index contributed by atoms with van der Waals surface area (Å²) in [7, 11) is 1.63. The van der Waals surface area contributed by atoms with E-state index in [-0.39, 0.29) is 5.91 Å². The molecule has 5 heteroatoms. The molecule has 152 valence electrons. The van der Waals surface area contributed by atoms with Crippen LogP contribution in [0.25, 0.3) is 11.0 Å². The van der Waals surface area contributed by atoms with Gasteiger partial charge in [-0.15, -0.1) is 0 Å². The van der Waals surface area contributed by atoms with Crippen LogP contribution in [-0.2, 0) is 17.8 Å². The number of piperidine rings is 1. The van der Waals surface area contributed by atoms with Crippen molar-refractivity contribution < 1.29 is 13.9 Å². The molecule has 0 saturated carbocycles. The molecule has 0 bridgehead atoms. The fourth-order valence-corrected chi connectivity index (χ4v) is 4.11. The lowest BCUT2D eigenvalue weighted by molar-refractivity contribution is -0.120. The summed E-state index contributed by atoms with van der Waals surface area (Å²) < 4.78 is 10.8. The zero-order valence-electron chi connectivity index (χ0n) is 16.9. The molecule has 1 atom stereocenters. The van der Waals surface area contributed by atoms with E-state index in [1.807, 2.05) is 24.3 Å². The van der Waals surface area contributed by atoms with Crippen molar-refractivity contribution in [3.63, 3.8) is 0 Å². The van der Waals surface area contributed by atoms with Crippen LogP contribution in [0.1, 0.15) is 30.4 Å². The van der Waals surface area contributed by atoms with Crippen molar-refractivity contribution in [1.29, 1.82) is 0 Å². The molecule has 1 amide bonds. The summed E-state index contributed by atoms with van der Waals surface area (Å²) in [5.41, 5.74) is 2.98. The fraction of sp³-hybridized carbons (Fsp3) is 0.375. The van der Waals surface area contributed by atoms with Crippen molar-refractivity contribution in [2.75, 3.05) is 20.2 Å². The number of ether oxygens (including phenoxy) is 1. The summed E-state index contributed by atoms with van der Waals surface area (Å²) in [6.45, 7) is 2.72. The zero-order chi connectivity index (χ0) is 20.1. The van der Waals surface area contributed by atoms with E-state index in [0.717, 1.165) is 41.8 Å². The number of methoxy groups -OCH3 is 1. The first-order chi connectivity index (χ1) is 14.2. The van der Waals surface area contributed by atoms with E-state index in [1.165, 1.54) is 18.4 Å². The van der Waals surface area contributed by atoms with Gasteiger partial charge >= 0.3 is 0 Å². The second kappa shape index (κ2) is 9.14. The standard InChI is InChI=1S/C24H28N2O3/c1-28-21-10-11-22-19(17-29-23(22)14-21)13-24(27)25-15-20-9-5-6-12-26(20)16-18-7-3-2-4-8-18/h2-4,7-8,10-11,14,17,20H,5-6,9,12-13,15-16H2,1H3,(H,25,27). The quantitative estimate of drug-likeness (QED) is 0.656. The molecule has 5 nitrogen and oxygen atoms in total. The molecular formula is C24H28N2O3. The van der Waals surface area contributed by atoms with Crippen molar-refractivity contribution in [3.05, 3.63) is 65.9 Å². The summed E-state index contributed by atoms with van der Waals surface area (Å²) in [5.74, 6) is 0.785. The number of rotatable bonds is 7. The summed E-state index contributed by atoms with van der Waals surface area (Å²) >= 11 is 0. The monoisotopic (exact) mass is 392 g/mol. The van der Waals surface area contributed by atoms with Gasteiger partial charge in [0, 0.05) is 36.1 Å². The predicted molar refractivity (Wildman–Crippen MR) is 114 cm³/mol. The highest BCUT2D eigenvalue weighted by molar-refractivity contribution is 5.88. The highest BCUT2D eigenvalue weighted by Gasteiger charge is 2.23. The molecule has 1 aromatic heterocycles. The lowest BCUT2D eigenvalue weighted by Crippen LogP contribution is -2.46. The van der Waals surface area contributed by atoms with Gasteiger partial charge < -0.3 is 14.5 Å². The molecule has 0 aliphatic carbocycles. The Morgan fingerprint density at radius 3 is 2.90 bits per heavy atom. The zero-order valence-corrected chi connectivity index (χ0v) is 16.9. The Bertz CT molecular complexity index is 951. The van der Waals surface area contributed by atoms with Crippen LogP contribution < -0.4 is 10.1 Å². The lowest BCUT2D eigenvalue weighted by atomic mass is 10.0. The minimum absolute atomic E-state index is 0.0359. The maximum Gasteiger partial charge on any atom is 0.224 e. The van der Waals surface area contributed by atoms with Crippen molar-refractivity contribution >= 4 is 16.9 Å². The molecule has 1 saturated heterocycles. The number of carbonyl (C=O) groups is 1. The molecule has 0 radical (unpaired) electrons. The summed E-state index contributed by atoms with van der Waals surface area (Å²) in [4.78, 5) is 15.1. The van der Waals surface area contributed by atoms with Crippen molar-refractivity contribution in [2.24, 2.45) is 0 Å². The second-order valence-electron chi connectivity index (χ2n) is 7.71. The second-order valence-corrected chi connectivity index (χ2v) is 7.71. The third kappa shape index (κ3) is 4.80. The van der Waals surface area contributed by atoms with E-state index in [1.54, 1.807) is 13.4 Å². The Hall–Kier alpha value is -2.79. The number of hydrogen-bond acceptors (Lipinski definition) is 4. The first-order valence-corrected chi connectivity index (χ1v) is 10.3. The third-order valence-corrected chi connectivity index (χ3v) is 5.73. The SMILES string of the molecule is COc1ccc2c(CC(=O)NCC3CCCCN3Cc3ccccc3)coc2c1. The predicted octanol–water partition coefficient (Wildman–Crippen LogP) is 4.15. The molecule has 1 aliphatic rings. The largest absolute Gasteiger partial charge is 0.497 e. The van der Waals surface area contributed by atoms with Gasteiger partial charge in [-0.25, -0.2) is 0 Å². The van der Waals surface area contributed by atoms with Crippen LogP contribution in [0.5, 0.6) is 5.75 Å². The van der Waals surface area contributed by atoms with Gasteiger partial charge in [-0.3, -0.25) is 9.69 Å². The van der Waals surface area contributed by atoms with Crippen molar-refractivity contribution in [3.8, 4) is 5.75 Å². The number of nitrogens with one attached hydrogen (secondary N) is 1.